The molecule has 4 aromatic rings. The lowest BCUT2D eigenvalue weighted by atomic mass is 9.92. The van der Waals surface area contributed by atoms with Crippen molar-refractivity contribution < 1.29 is 54.1 Å². The average molecular weight is 606 g/mol. The molecule has 224 valence electrons. The number of rotatable bonds is 6. The minimum absolute atomic E-state index is 0.00551. The first-order valence-corrected chi connectivity index (χ1v) is 11.7. The van der Waals surface area contributed by atoms with Gasteiger partial charge in [0.15, 0.2) is 11.5 Å². The summed E-state index contributed by atoms with van der Waals surface area (Å²) in [6.45, 7) is 0. The third-order valence-corrected chi connectivity index (χ3v) is 6.43. The van der Waals surface area contributed by atoms with Crippen LogP contribution in [-0.2, 0) is 18.2 Å². The van der Waals surface area contributed by atoms with Crippen molar-refractivity contribution >= 4 is 10.9 Å². The molecule has 0 unspecified atom stereocenters. The van der Waals surface area contributed by atoms with Crippen molar-refractivity contribution in [1.29, 1.82) is 0 Å². The Morgan fingerprint density at radius 1 is 0.786 bits per heavy atom. The van der Waals surface area contributed by atoms with Gasteiger partial charge in [-0.2, -0.15) is 39.5 Å². The highest BCUT2D eigenvalue weighted by Crippen LogP contribution is 2.50. The summed E-state index contributed by atoms with van der Waals surface area (Å²) in [5, 5.41) is 9.74. The molecule has 1 heterocycles. The molecule has 1 aromatic heterocycles. The van der Waals surface area contributed by atoms with Crippen LogP contribution < -0.4 is 15.0 Å². The fraction of sp³-hybridized carbons (Fsp3) is 0.259. The van der Waals surface area contributed by atoms with E-state index in [1.165, 1.54) is 26.4 Å². The van der Waals surface area contributed by atoms with Crippen LogP contribution in [-0.4, -0.2) is 41.2 Å². The maximum atomic E-state index is 13.7. The summed E-state index contributed by atoms with van der Waals surface area (Å²) in [7, 11) is 2.55. The molecule has 15 heteroatoms. The third-order valence-electron chi connectivity index (χ3n) is 6.43. The van der Waals surface area contributed by atoms with E-state index in [4.69, 9.17) is 9.47 Å². The van der Waals surface area contributed by atoms with Gasteiger partial charge < -0.3 is 14.6 Å². The van der Waals surface area contributed by atoms with Gasteiger partial charge in [0.25, 0.3) is 11.2 Å². The highest BCUT2D eigenvalue weighted by atomic mass is 19.4. The average Bonchev–Trinajstić information content (AvgIpc) is 2.90. The monoisotopic (exact) mass is 606 g/mol. The number of hydrogen-bond donors (Lipinski definition) is 1. The Labute approximate surface area is 230 Å². The smallest absolute Gasteiger partial charge is 0.430 e. The molecule has 0 amide bonds. The minimum Gasteiger partial charge on any atom is -0.493 e. The first-order chi connectivity index (χ1) is 19.4. The zero-order chi connectivity index (χ0) is 31.3. The maximum absolute atomic E-state index is 13.7. The van der Waals surface area contributed by atoms with Gasteiger partial charge in [0.2, 0.25) is 0 Å². The van der Waals surface area contributed by atoms with E-state index >= 15 is 0 Å². The normalized spacial score (nSPS) is 13.0. The molecule has 0 saturated carbocycles. The molecule has 0 aliphatic carbocycles. The largest absolute Gasteiger partial charge is 0.493 e. The van der Waals surface area contributed by atoms with Crippen LogP contribution in [0.15, 0.2) is 65.5 Å². The highest BCUT2D eigenvalue weighted by molar-refractivity contribution is 5.82. The molecular formula is C27H19F9N2O4. The number of ether oxygens (including phenoxy) is 2. The second kappa shape index (κ2) is 10.5. The van der Waals surface area contributed by atoms with E-state index in [0.29, 0.717) is 16.7 Å². The molecule has 0 atom stereocenters. The Morgan fingerprint density at radius 3 is 1.88 bits per heavy atom. The molecule has 0 aliphatic heterocycles. The second-order valence-corrected chi connectivity index (χ2v) is 9.02. The van der Waals surface area contributed by atoms with Crippen molar-refractivity contribution in [3.8, 4) is 17.2 Å². The summed E-state index contributed by atoms with van der Waals surface area (Å²) >= 11 is 0. The molecule has 0 spiro atoms. The first kappa shape index (κ1) is 30.7. The van der Waals surface area contributed by atoms with Crippen LogP contribution in [0.5, 0.6) is 11.5 Å². The van der Waals surface area contributed by atoms with E-state index in [1.807, 2.05) is 0 Å². The molecule has 1 N–H and O–H groups in total. The van der Waals surface area contributed by atoms with Gasteiger partial charge in [0, 0.05) is 18.1 Å². The van der Waals surface area contributed by atoms with Gasteiger partial charge >= 0.3 is 18.5 Å². The number of halogens is 9. The van der Waals surface area contributed by atoms with Gasteiger partial charge in [-0.3, -0.25) is 9.36 Å². The van der Waals surface area contributed by atoms with Gasteiger partial charge in [-0.15, -0.1) is 0 Å². The van der Waals surface area contributed by atoms with E-state index in [0.717, 1.165) is 36.4 Å². The van der Waals surface area contributed by atoms with Gasteiger partial charge in [-0.25, -0.2) is 4.98 Å². The zero-order valence-electron chi connectivity index (χ0n) is 21.4. The van der Waals surface area contributed by atoms with Crippen LogP contribution in [0.25, 0.3) is 16.6 Å². The number of aliphatic hydroxyl groups is 1. The van der Waals surface area contributed by atoms with Gasteiger partial charge in [-0.1, -0.05) is 24.3 Å². The highest BCUT2D eigenvalue weighted by Gasteiger charge is 2.71. The number of alkyl halides is 9. The SMILES string of the molecule is COc1cc2nc(Cc3ccc(C(F)(F)F)cc3)n(-c3cccc(C(O)(C(F)(F)F)C(F)(F)F)c3)c(=O)c2cc1OC. The second-order valence-electron chi connectivity index (χ2n) is 9.02. The summed E-state index contributed by atoms with van der Waals surface area (Å²) in [5.41, 5.74) is -9.19. The Bertz CT molecular complexity index is 1660. The minimum atomic E-state index is -6.19. The molecule has 6 nitrogen and oxygen atoms in total. The van der Waals surface area contributed by atoms with Crippen LogP contribution in [0.4, 0.5) is 39.5 Å². The van der Waals surface area contributed by atoms with E-state index in [2.05, 4.69) is 4.98 Å². The molecule has 0 radical (unpaired) electrons. The fourth-order valence-corrected chi connectivity index (χ4v) is 4.30. The van der Waals surface area contributed by atoms with Crippen LogP contribution >= 0.6 is 0 Å². The standard InChI is InChI=1S/C27H19F9N2O4/c1-41-20-12-18-19(13-21(20)42-2)37-22(10-14-6-8-15(9-7-14)25(28,29)30)38(23(18)39)17-5-3-4-16(11-17)24(40,26(31,32)33)27(34,35)36/h3-9,11-13,40H,10H2,1-2H3. The Hall–Kier alpha value is -4.27. The van der Waals surface area contributed by atoms with Crippen LogP contribution in [0.1, 0.15) is 22.5 Å². The molecule has 3 aromatic carbocycles. The Kier molecular flexibility index (Phi) is 7.69. The quantitative estimate of drug-likeness (QED) is 0.260. The summed E-state index contributed by atoms with van der Waals surface area (Å²) in [5.74, 6) is -0.0556. The molecule has 0 bridgehead atoms. The number of benzene rings is 3. The maximum Gasteiger partial charge on any atom is 0.430 e. The summed E-state index contributed by atoms with van der Waals surface area (Å²) in [4.78, 5) is 18.1. The summed E-state index contributed by atoms with van der Waals surface area (Å²) in [6, 6.07) is 8.73. The zero-order valence-corrected chi connectivity index (χ0v) is 21.4. The van der Waals surface area contributed by atoms with E-state index in [1.54, 1.807) is 0 Å². The van der Waals surface area contributed by atoms with Crippen molar-refractivity contribution in [2.75, 3.05) is 14.2 Å². The van der Waals surface area contributed by atoms with Gasteiger partial charge in [-0.05, 0) is 35.9 Å². The van der Waals surface area contributed by atoms with Gasteiger partial charge in [0.1, 0.15) is 5.82 Å². The van der Waals surface area contributed by atoms with Crippen molar-refractivity contribution in [2.45, 2.75) is 30.6 Å². The van der Waals surface area contributed by atoms with E-state index in [9.17, 15) is 49.4 Å². The lowest BCUT2D eigenvalue weighted by Crippen LogP contribution is -2.54. The van der Waals surface area contributed by atoms with Crippen molar-refractivity contribution in [3.63, 3.8) is 0 Å². The lowest BCUT2D eigenvalue weighted by Gasteiger charge is -2.33. The van der Waals surface area contributed by atoms with Crippen LogP contribution in [0.2, 0.25) is 0 Å². The molecule has 0 fully saturated rings. The molecular weight excluding hydrogens is 587 g/mol. The number of aromatic nitrogens is 2. The predicted octanol–water partition coefficient (Wildman–Crippen LogP) is 6.32. The number of fused-ring (bicyclic) bond motifs is 1. The first-order valence-electron chi connectivity index (χ1n) is 11.7. The van der Waals surface area contributed by atoms with Gasteiger partial charge in [0.05, 0.1) is 36.4 Å². The molecule has 42 heavy (non-hydrogen) atoms. The third kappa shape index (κ3) is 5.35. The number of hydrogen-bond acceptors (Lipinski definition) is 5. The topological polar surface area (TPSA) is 73.6 Å². The van der Waals surface area contributed by atoms with Crippen molar-refractivity contribution in [3.05, 3.63) is 93.5 Å². The van der Waals surface area contributed by atoms with Crippen LogP contribution in [0, 0.1) is 0 Å². The molecule has 0 aliphatic rings. The number of nitrogens with zero attached hydrogens (tertiary/aromatic N) is 2. The predicted molar refractivity (Wildman–Crippen MR) is 131 cm³/mol. The van der Waals surface area contributed by atoms with E-state index in [-0.39, 0.29) is 40.2 Å². The Morgan fingerprint density at radius 2 is 1.36 bits per heavy atom. The summed E-state index contributed by atoms with van der Waals surface area (Å²) < 4.78 is 132. The fourth-order valence-electron chi connectivity index (χ4n) is 4.30. The summed E-state index contributed by atoms with van der Waals surface area (Å²) in [6.07, 6.45) is -17.4. The van der Waals surface area contributed by atoms with Crippen LogP contribution in [0.3, 0.4) is 0 Å². The van der Waals surface area contributed by atoms with Crippen molar-refractivity contribution in [1.82, 2.24) is 9.55 Å². The molecule has 0 saturated heterocycles. The van der Waals surface area contributed by atoms with E-state index < -0.39 is 46.5 Å². The molecule has 4 rings (SSSR count). The Balaban J connectivity index is 2.00. The number of methoxy groups -OCH3 is 2. The lowest BCUT2D eigenvalue weighted by molar-refractivity contribution is -0.376. The van der Waals surface area contributed by atoms with Crippen molar-refractivity contribution in [2.24, 2.45) is 0 Å².